The van der Waals surface area contributed by atoms with Gasteiger partial charge in [0.2, 0.25) is 0 Å². The molecule has 534 valence electrons. The van der Waals surface area contributed by atoms with E-state index in [2.05, 4.69) is 55.4 Å². The maximum atomic E-state index is 13.0. The minimum Gasteiger partial charge on any atom is -0.462 e. The maximum absolute atomic E-state index is 13.0. The summed E-state index contributed by atoms with van der Waals surface area (Å²) >= 11 is 0. The molecule has 0 fully saturated rings. The van der Waals surface area contributed by atoms with Crippen LogP contribution in [0.1, 0.15) is 351 Å². The number of rotatable bonds is 68. The summed E-state index contributed by atoms with van der Waals surface area (Å²) in [4.78, 5) is 72.5. The third kappa shape index (κ3) is 64.8. The molecular formula is C71H138O17P2. The molecule has 90 heavy (non-hydrogen) atoms. The van der Waals surface area contributed by atoms with E-state index >= 15 is 0 Å². The Morgan fingerprint density at radius 2 is 0.467 bits per heavy atom. The summed E-state index contributed by atoms with van der Waals surface area (Å²) in [5, 5.41) is 10.6. The van der Waals surface area contributed by atoms with Gasteiger partial charge in [0.15, 0.2) is 12.2 Å². The van der Waals surface area contributed by atoms with Crippen molar-refractivity contribution in [2.75, 3.05) is 39.6 Å². The average molecular weight is 1330 g/mol. The highest BCUT2D eigenvalue weighted by Crippen LogP contribution is 2.45. The van der Waals surface area contributed by atoms with Gasteiger partial charge in [-0.3, -0.25) is 37.3 Å². The van der Waals surface area contributed by atoms with Crippen LogP contribution in [0.3, 0.4) is 0 Å². The van der Waals surface area contributed by atoms with E-state index in [0.29, 0.717) is 31.6 Å². The normalized spacial score (nSPS) is 14.3. The molecule has 0 radical (unpaired) electrons. The van der Waals surface area contributed by atoms with Crippen LogP contribution in [-0.2, 0) is 65.4 Å². The van der Waals surface area contributed by atoms with Crippen molar-refractivity contribution >= 4 is 39.5 Å². The highest BCUT2D eigenvalue weighted by molar-refractivity contribution is 7.47. The van der Waals surface area contributed by atoms with Crippen LogP contribution in [0.25, 0.3) is 0 Å². The summed E-state index contributed by atoms with van der Waals surface area (Å²) in [5.41, 5.74) is 0. The highest BCUT2D eigenvalue weighted by Gasteiger charge is 2.30. The first kappa shape index (κ1) is 88.1. The summed E-state index contributed by atoms with van der Waals surface area (Å²) in [7, 11) is -9.90. The number of aliphatic hydroxyl groups excluding tert-OH is 1. The van der Waals surface area contributed by atoms with E-state index in [9.17, 15) is 43.2 Å². The SMILES string of the molecule is CC(C)CCCCCCCCCCCCCCCCC(=O)OC[C@H](COP(=O)(O)OCC(O)COP(=O)(O)OC[C@@H](COC(=O)CCCCCCCCCCC(C)C)OC(=O)CCCCCCCCCCCCC(C)C)OC(=O)CCCCCCCCC(C)C. The fraction of sp³-hybridized carbons (Fsp3) is 0.944. The zero-order valence-corrected chi connectivity index (χ0v) is 60.6. The molecule has 19 heteroatoms. The quantitative estimate of drug-likeness (QED) is 0.0222. The number of phosphoric ester groups is 2. The lowest BCUT2D eigenvalue weighted by molar-refractivity contribution is -0.161. The van der Waals surface area contributed by atoms with Crippen molar-refractivity contribution in [2.24, 2.45) is 23.7 Å². The van der Waals surface area contributed by atoms with Crippen LogP contribution < -0.4 is 0 Å². The molecule has 0 rings (SSSR count). The smallest absolute Gasteiger partial charge is 0.462 e. The van der Waals surface area contributed by atoms with Crippen molar-refractivity contribution < 1.29 is 80.2 Å². The lowest BCUT2D eigenvalue weighted by atomic mass is 10.0. The van der Waals surface area contributed by atoms with Gasteiger partial charge in [-0.05, 0) is 49.4 Å². The molecule has 0 spiro atoms. The van der Waals surface area contributed by atoms with Gasteiger partial charge in [0.05, 0.1) is 26.4 Å². The van der Waals surface area contributed by atoms with Gasteiger partial charge in [-0.2, -0.15) is 0 Å². The Kier molecular flexibility index (Phi) is 59.4. The van der Waals surface area contributed by atoms with Crippen molar-refractivity contribution in [1.29, 1.82) is 0 Å². The third-order valence-corrected chi connectivity index (χ3v) is 18.2. The summed E-state index contributed by atoms with van der Waals surface area (Å²) in [6.45, 7) is 14.0. The number of hydrogen-bond acceptors (Lipinski definition) is 15. The lowest BCUT2D eigenvalue weighted by Gasteiger charge is -2.21. The third-order valence-electron chi connectivity index (χ3n) is 16.3. The molecular weight excluding hydrogens is 1190 g/mol. The molecule has 0 aromatic carbocycles. The molecule has 3 unspecified atom stereocenters. The van der Waals surface area contributed by atoms with E-state index in [-0.39, 0.29) is 25.7 Å². The highest BCUT2D eigenvalue weighted by atomic mass is 31.2. The first-order valence-corrected chi connectivity index (χ1v) is 39.7. The van der Waals surface area contributed by atoms with Crippen LogP contribution in [0.2, 0.25) is 0 Å². The molecule has 0 aliphatic carbocycles. The first-order valence-electron chi connectivity index (χ1n) is 36.7. The fourth-order valence-electron chi connectivity index (χ4n) is 10.7. The van der Waals surface area contributed by atoms with E-state index < -0.39 is 97.5 Å². The Morgan fingerprint density at radius 3 is 0.689 bits per heavy atom. The van der Waals surface area contributed by atoms with E-state index in [1.807, 2.05) is 0 Å². The van der Waals surface area contributed by atoms with Gasteiger partial charge in [0, 0.05) is 25.7 Å². The van der Waals surface area contributed by atoms with Gasteiger partial charge in [-0.25, -0.2) is 9.13 Å². The second-order valence-corrected chi connectivity index (χ2v) is 30.4. The van der Waals surface area contributed by atoms with Crippen molar-refractivity contribution in [3.05, 3.63) is 0 Å². The Bertz CT molecular complexity index is 1780. The molecule has 3 N–H and O–H groups in total. The van der Waals surface area contributed by atoms with Crippen LogP contribution in [0.4, 0.5) is 0 Å². The minimum absolute atomic E-state index is 0.102. The van der Waals surface area contributed by atoms with E-state index in [0.717, 1.165) is 108 Å². The van der Waals surface area contributed by atoms with E-state index in [1.54, 1.807) is 0 Å². The molecule has 0 amide bonds. The number of carbonyl (C=O) groups is 4. The maximum Gasteiger partial charge on any atom is 0.472 e. The van der Waals surface area contributed by atoms with Crippen LogP contribution in [0.15, 0.2) is 0 Å². The van der Waals surface area contributed by atoms with Crippen LogP contribution in [-0.4, -0.2) is 96.7 Å². The van der Waals surface area contributed by atoms with Crippen molar-refractivity contribution in [2.45, 2.75) is 369 Å². The number of carbonyl (C=O) groups excluding carboxylic acids is 4. The van der Waals surface area contributed by atoms with Gasteiger partial charge >= 0.3 is 39.5 Å². The van der Waals surface area contributed by atoms with Gasteiger partial charge in [-0.1, -0.05) is 299 Å². The van der Waals surface area contributed by atoms with Gasteiger partial charge in [0.25, 0.3) is 0 Å². The molecule has 5 atom stereocenters. The average Bonchev–Trinajstić information content (AvgIpc) is 2.86. The molecule has 0 aliphatic rings. The number of unbranched alkanes of at least 4 members (excludes halogenated alkanes) is 34. The minimum atomic E-state index is -4.95. The summed E-state index contributed by atoms with van der Waals surface area (Å²) in [6.07, 6.45) is 43.3. The van der Waals surface area contributed by atoms with Crippen molar-refractivity contribution in [1.82, 2.24) is 0 Å². The van der Waals surface area contributed by atoms with Crippen molar-refractivity contribution in [3.63, 3.8) is 0 Å². The Hall–Kier alpha value is -1.94. The monoisotopic (exact) mass is 1320 g/mol. The summed E-state index contributed by atoms with van der Waals surface area (Å²) in [6, 6.07) is 0. The molecule has 17 nitrogen and oxygen atoms in total. The topological polar surface area (TPSA) is 237 Å². The predicted octanol–water partition coefficient (Wildman–Crippen LogP) is 20.1. The number of ether oxygens (including phenoxy) is 4. The molecule has 0 aliphatic heterocycles. The zero-order chi connectivity index (χ0) is 66.8. The summed E-state index contributed by atoms with van der Waals surface area (Å²) < 4.78 is 68.3. The number of phosphoric acid groups is 2. The van der Waals surface area contributed by atoms with Gasteiger partial charge < -0.3 is 33.8 Å². The largest absolute Gasteiger partial charge is 0.472 e. The molecule has 0 aromatic rings. The summed E-state index contributed by atoms with van der Waals surface area (Å²) in [5.74, 6) is 0.814. The number of hydrogen-bond donors (Lipinski definition) is 3. The lowest BCUT2D eigenvalue weighted by Crippen LogP contribution is -2.30. The molecule has 0 saturated carbocycles. The van der Waals surface area contributed by atoms with Crippen molar-refractivity contribution in [3.8, 4) is 0 Å². The molecule has 0 saturated heterocycles. The second-order valence-electron chi connectivity index (χ2n) is 27.5. The Balaban J connectivity index is 5.20. The Labute approximate surface area is 549 Å². The van der Waals surface area contributed by atoms with Crippen LogP contribution >= 0.6 is 15.6 Å². The van der Waals surface area contributed by atoms with Gasteiger partial charge in [0.1, 0.15) is 19.3 Å². The number of aliphatic hydroxyl groups is 1. The first-order chi connectivity index (χ1) is 43.1. The predicted molar refractivity (Wildman–Crippen MR) is 363 cm³/mol. The van der Waals surface area contributed by atoms with Crippen LogP contribution in [0, 0.1) is 23.7 Å². The van der Waals surface area contributed by atoms with E-state index in [4.69, 9.17) is 37.0 Å². The fourth-order valence-corrected chi connectivity index (χ4v) is 12.2. The van der Waals surface area contributed by atoms with Gasteiger partial charge in [-0.15, -0.1) is 0 Å². The molecule has 0 aromatic heterocycles. The molecule has 0 heterocycles. The molecule has 0 bridgehead atoms. The number of esters is 4. The standard InChI is InChI=1S/C71H138O17P2/c1-61(2)47-39-31-23-17-13-11-9-10-12-14-19-26-35-43-51-68(73)81-58-67(88-71(76)54-46-38-30-29-34-42-50-64(7)8)60-86-90(79,80)84-56-65(72)55-83-89(77,78)85-59-66(57-82-69(74)52-44-36-27-22-21-25-33-41-49-63(5)6)87-70(75)53-45-37-28-20-16-15-18-24-32-40-48-62(3)4/h61-67,72H,9-60H2,1-8H3,(H,77,78)(H,79,80)/t65?,66-,67-/m1/s1. The van der Waals surface area contributed by atoms with E-state index in [1.165, 1.54) is 154 Å². The van der Waals surface area contributed by atoms with Crippen LogP contribution in [0.5, 0.6) is 0 Å². The second kappa shape index (κ2) is 60.7. The Morgan fingerprint density at radius 1 is 0.278 bits per heavy atom. The zero-order valence-electron chi connectivity index (χ0n) is 58.8.